The molecule has 2 aromatic carbocycles. The van der Waals surface area contributed by atoms with Gasteiger partial charge in [0.05, 0.1) is 15.0 Å². The van der Waals surface area contributed by atoms with Crippen molar-refractivity contribution in [2.45, 2.75) is 4.90 Å². The van der Waals surface area contributed by atoms with Crippen molar-refractivity contribution in [2.75, 3.05) is 0 Å². The summed E-state index contributed by atoms with van der Waals surface area (Å²) < 4.78 is 34.7. The van der Waals surface area contributed by atoms with E-state index in [9.17, 15) is 13.0 Å². The molecule has 110 valence electrons. The average Bonchev–Trinajstić information content (AvgIpc) is 2.45. The van der Waals surface area contributed by atoms with E-state index in [0.29, 0.717) is 5.56 Å². The molecule has 0 aliphatic rings. The van der Waals surface area contributed by atoms with Crippen LogP contribution in [0.5, 0.6) is 0 Å². The zero-order valence-electron chi connectivity index (χ0n) is 11.4. The molecule has 3 nitrogen and oxygen atoms in total. The van der Waals surface area contributed by atoms with Crippen molar-refractivity contribution in [3.8, 4) is 0 Å². The minimum absolute atomic E-state index is 0. The topological polar surface area (TPSA) is 57.2 Å². The third-order valence-corrected chi connectivity index (χ3v) is 5.00. The minimum Gasteiger partial charge on any atom is -0.744 e. The van der Waals surface area contributed by atoms with E-state index in [1.54, 1.807) is 30.3 Å². The zero-order chi connectivity index (χ0) is 15.6. The summed E-state index contributed by atoms with van der Waals surface area (Å²) in [4.78, 5) is -0.398. The molecule has 0 fully saturated rings. The molecule has 22 heavy (non-hydrogen) atoms. The normalized spacial score (nSPS) is 12.4. The summed E-state index contributed by atoms with van der Waals surface area (Å²) in [6, 6.07) is 12.7. The Morgan fingerprint density at radius 3 is 2.05 bits per heavy atom. The molecule has 2 rings (SSSR count). The van der Waals surface area contributed by atoms with Crippen LogP contribution < -0.4 is 29.6 Å². The van der Waals surface area contributed by atoms with Gasteiger partial charge in [-0.3, -0.25) is 0 Å². The Bertz CT molecular complexity index is 805. The van der Waals surface area contributed by atoms with Gasteiger partial charge in [0.25, 0.3) is 0 Å². The van der Waals surface area contributed by atoms with E-state index in [4.69, 9.17) is 23.2 Å². The van der Waals surface area contributed by atoms with Gasteiger partial charge in [-0.1, -0.05) is 69.5 Å². The van der Waals surface area contributed by atoms with Gasteiger partial charge in [0, 0.05) is 10.0 Å². The van der Waals surface area contributed by atoms with Crippen LogP contribution in [0.4, 0.5) is 0 Å². The van der Waals surface area contributed by atoms with E-state index < -0.39 is 15.0 Å². The van der Waals surface area contributed by atoms with Crippen LogP contribution in [0.2, 0.25) is 0 Å². The maximum Gasteiger partial charge on any atom is 1.00 e. The molecule has 0 amide bonds. The van der Waals surface area contributed by atoms with Crippen LogP contribution in [0.3, 0.4) is 0 Å². The molecule has 0 aliphatic heterocycles. The van der Waals surface area contributed by atoms with Crippen LogP contribution >= 0.6 is 39.1 Å². The van der Waals surface area contributed by atoms with Crippen LogP contribution in [0.1, 0.15) is 11.1 Å². The first kappa shape index (κ1) is 20.2. The van der Waals surface area contributed by atoms with Gasteiger partial charge in [0.15, 0.2) is 0 Å². The SMILES string of the molecule is O=S(=O)([O-])c1ccccc1C(Cl)=C(Cl)c1ccc(Br)cc1.[Na+]. The van der Waals surface area contributed by atoms with Crippen molar-refractivity contribution in [1.29, 1.82) is 0 Å². The van der Waals surface area contributed by atoms with Gasteiger partial charge in [0.1, 0.15) is 10.1 Å². The fraction of sp³-hybridized carbons (Fsp3) is 0. The molecule has 0 radical (unpaired) electrons. The Morgan fingerprint density at radius 2 is 1.50 bits per heavy atom. The van der Waals surface area contributed by atoms with Gasteiger partial charge in [-0.05, 0) is 23.8 Å². The summed E-state index contributed by atoms with van der Waals surface area (Å²) in [5, 5.41) is 0.175. The van der Waals surface area contributed by atoms with Crippen LogP contribution in [-0.2, 0) is 10.1 Å². The van der Waals surface area contributed by atoms with Gasteiger partial charge >= 0.3 is 29.6 Å². The molecule has 0 N–H and O–H groups in total. The van der Waals surface area contributed by atoms with Crippen molar-refractivity contribution >= 4 is 59.3 Å². The third-order valence-electron chi connectivity index (χ3n) is 2.68. The Kier molecular flexibility index (Phi) is 7.63. The van der Waals surface area contributed by atoms with E-state index in [-0.39, 0.29) is 45.2 Å². The van der Waals surface area contributed by atoms with Gasteiger partial charge in [-0.15, -0.1) is 0 Å². The number of hydrogen-bond donors (Lipinski definition) is 0. The average molecular weight is 430 g/mol. The number of hydrogen-bond acceptors (Lipinski definition) is 3. The van der Waals surface area contributed by atoms with E-state index in [1.165, 1.54) is 18.2 Å². The van der Waals surface area contributed by atoms with Crippen LogP contribution in [-0.4, -0.2) is 13.0 Å². The van der Waals surface area contributed by atoms with E-state index in [2.05, 4.69) is 15.9 Å². The Hall–Kier alpha value is 0.150. The molecule has 0 saturated carbocycles. The van der Waals surface area contributed by atoms with Crippen LogP contribution in [0.25, 0.3) is 10.1 Å². The maximum atomic E-state index is 11.3. The Labute approximate surface area is 169 Å². The van der Waals surface area contributed by atoms with E-state index in [1.807, 2.05) is 0 Å². The predicted molar refractivity (Wildman–Crippen MR) is 87.1 cm³/mol. The molecule has 0 spiro atoms. The number of rotatable bonds is 3. The van der Waals surface area contributed by atoms with Gasteiger partial charge in [-0.25, -0.2) is 8.42 Å². The molecule has 0 heterocycles. The molecule has 0 bridgehead atoms. The molecule has 0 aliphatic carbocycles. The summed E-state index contributed by atoms with van der Waals surface area (Å²) >= 11 is 15.7. The van der Waals surface area contributed by atoms with Crippen molar-refractivity contribution in [1.82, 2.24) is 0 Å². The van der Waals surface area contributed by atoms with Crippen LogP contribution in [0.15, 0.2) is 57.9 Å². The van der Waals surface area contributed by atoms with Gasteiger partial charge < -0.3 is 4.55 Å². The first-order chi connectivity index (χ1) is 9.80. The number of benzene rings is 2. The van der Waals surface area contributed by atoms with Crippen molar-refractivity contribution in [3.63, 3.8) is 0 Å². The zero-order valence-corrected chi connectivity index (χ0v) is 17.3. The van der Waals surface area contributed by atoms with E-state index >= 15 is 0 Å². The fourth-order valence-corrected chi connectivity index (χ4v) is 3.21. The second kappa shape index (κ2) is 8.31. The molecular formula is C14H8BrCl2NaO3S. The molecule has 0 aromatic heterocycles. The summed E-state index contributed by atoms with van der Waals surface area (Å²) in [6.07, 6.45) is 0. The second-order valence-corrected chi connectivity index (χ2v) is 7.10. The molecule has 0 unspecified atom stereocenters. The first-order valence-corrected chi connectivity index (χ1v) is 8.63. The largest absolute Gasteiger partial charge is 1.00 e. The maximum absolute atomic E-state index is 11.3. The fourth-order valence-electron chi connectivity index (χ4n) is 1.71. The summed E-state index contributed by atoms with van der Waals surface area (Å²) in [6.45, 7) is 0. The smallest absolute Gasteiger partial charge is 0.744 e. The minimum atomic E-state index is -4.64. The molecule has 8 heteroatoms. The standard InChI is InChI=1S/C14H9BrCl2O3S.Na/c15-10-7-5-9(6-8-10)13(16)14(17)11-3-1-2-4-12(11)21(18,19)20;/h1-8H,(H,18,19,20);/q;+1/p-1. The predicted octanol–water partition coefficient (Wildman–Crippen LogP) is 1.66. The monoisotopic (exact) mass is 428 g/mol. The first-order valence-electron chi connectivity index (χ1n) is 5.67. The van der Waals surface area contributed by atoms with Gasteiger partial charge in [0.2, 0.25) is 0 Å². The Morgan fingerprint density at radius 1 is 0.955 bits per heavy atom. The van der Waals surface area contributed by atoms with Crippen LogP contribution in [0, 0.1) is 0 Å². The summed E-state index contributed by atoms with van der Waals surface area (Å²) in [5.74, 6) is 0. The van der Waals surface area contributed by atoms with Crippen molar-refractivity contribution < 1.29 is 42.5 Å². The molecule has 0 atom stereocenters. The number of halogens is 3. The van der Waals surface area contributed by atoms with E-state index in [0.717, 1.165) is 4.47 Å². The summed E-state index contributed by atoms with van der Waals surface area (Å²) in [5.41, 5.74) is 0.699. The van der Waals surface area contributed by atoms with Crippen molar-refractivity contribution in [3.05, 3.63) is 64.1 Å². The summed E-state index contributed by atoms with van der Waals surface area (Å²) in [7, 11) is -4.64. The molecule has 0 saturated heterocycles. The third kappa shape index (κ3) is 4.82. The second-order valence-electron chi connectivity index (χ2n) is 4.09. The Balaban J connectivity index is 0.00000242. The molecule has 2 aromatic rings. The van der Waals surface area contributed by atoms with Crippen molar-refractivity contribution in [2.24, 2.45) is 0 Å². The molecular weight excluding hydrogens is 422 g/mol. The quantitative estimate of drug-likeness (QED) is 0.423. The van der Waals surface area contributed by atoms with Gasteiger partial charge in [-0.2, -0.15) is 0 Å².